The molecule has 29 heavy (non-hydrogen) atoms. The van der Waals surface area contributed by atoms with Crippen molar-refractivity contribution in [1.82, 2.24) is 4.98 Å². The zero-order valence-corrected chi connectivity index (χ0v) is 17.6. The molecule has 3 aromatic rings. The second-order valence-corrected chi connectivity index (χ2v) is 8.10. The number of anilines is 1. The lowest BCUT2D eigenvalue weighted by atomic mass is 9.92. The summed E-state index contributed by atoms with van der Waals surface area (Å²) in [6, 6.07) is 17.1. The summed E-state index contributed by atoms with van der Waals surface area (Å²) >= 11 is 1.89. The zero-order chi connectivity index (χ0) is 20.6. The van der Waals surface area contributed by atoms with E-state index in [2.05, 4.69) is 59.7 Å². The fourth-order valence-electron chi connectivity index (χ4n) is 3.35. The third-order valence-corrected chi connectivity index (χ3v) is 6.13. The normalized spacial score (nSPS) is 12.3. The average molecular weight is 407 g/mol. The van der Waals surface area contributed by atoms with Crippen LogP contribution >= 0.6 is 11.8 Å². The van der Waals surface area contributed by atoms with Crippen molar-refractivity contribution in [2.24, 2.45) is 0 Å². The van der Waals surface area contributed by atoms with Crippen LogP contribution in [0.3, 0.4) is 0 Å². The Morgan fingerprint density at radius 1 is 1.07 bits per heavy atom. The van der Waals surface area contributed by atoms with Gasteiger partial charge >= 0.3 is 5.97 Å². The summed E-state index contributed by atoms with van der Waals surface area (Å²) in [5, 5.41) is 11.4. The van der Waals surface area contributed by atoms with E-state index in [1.54, 1.807) is 18.2 Å². The van der Waals surface area contributed by atoms with Gasteiger partial charge in [0.05, 0.1) is 17.4 Å². The molecule has 0 unspecified atom stereocenters. The minimum atomic E-state index is -0.947. The average Bonchev–Trinajstić information content (AvgIpc) is 2.75. The number of aryl methyl sites for hydroxylation is 3. The summed E-state index contributed by atoms with van der Waals surface area (Å²) in [4.78, 5) is 17.0. The predicted molar refractivity (Wildman–Crippen MR) is 119 cm³/mol. The third-order valence-electron chi connectivity index (χ3n) is 4.96. The number of rotatable bonds is 4. The van der Waals surface area contributed by atoms with Crippen LogP contribution in [0.2, 0.25) is 0 Å². The number of aromatic carboxylic acids is 1. The van der Waals surface area contributed by atoms with Crippen LogP contribution in [0, 0.1) is 6.92 Å². The largest absolute Gasteiger partial charge is 0.478 e. The van der Waals surface area contributed by atoms with Gasteiger partial charge in [-0.1, -0.05) is 36.0 Å². The molecular formula is C24H26N2O2S. The number of hydrogen-bond donors (Lipinski definition) is 2. The van der Waals surface area contributed by atoms with Crippen molar-refractivity contribution in [2.45, 2.75) is 42.4 Å². The molecule has 0 fully saturated rings. The van der Waals surface area contributed by atoms with E-state index >= 15 is 0 Å². The Morgan fingerprint density at radius 3 is 2.52 bits per heavy atom. The Balaban J connectivity index is 0.000000188. The highest BCUT2D eigenvalue weighted by Gasteiger charge is 2.10. The second kappa shape index (κ2) is 10.1. The molecule has 2 N–H and O–H groups in total. The maximum absolute atomic E-state index is 10.5. The van der Waals surface area contributed by atoms with Crippen molar-refractivity contribution in [3.8, 4) is 0 Å². The molecule has 4 nitrogen and oxygen atoms in total. The Hall–Kier alpha value is -2.79. The monoisotopic (exact) mass is 406 g/mol. The third kappa shape index (κ3) is 5.61. The number of pyridine rings is 1. The van der Waals surface area contributed by atoms with Gasteiger partial charge in [0.15, 0.2) is 0 Å². The maximum Gasteiger partial charge on any atom is 0.337 e. The van der Waals surface area contributed by atoms with Gasteiger partial charge in [0.2, 0.25) is 0 Å². The van der Waals surface area contributed by atoms with Crippen LogP contribution in [0.1, 0.15) is 39.9 Å². The first-order valence-electron chi connectivity index (χ1n) is 9.79. The summed E-state index contributed by atoms with van der Waals surface area (Å²) in [5.74, 6) is -0.947. The highest BCUT2D eigenvalue weighted by atomic mass is 32.2. The summed E-state index contributed by atoms with van der Waals surface area (Å²) in [7, 11) is 1.66. The molecule has 0 radical (unpaired) electrons. The number of nitrogens with zero attached hydrogens (tertiary/aromatic N) is 1. The van der Waals surface area contributed by atoms with Crippen molar-refractivity contribution >= 4 is 23.4 Å². The van der Waals surface area contributed by atoms with Gasteiger partial charge in [0, 0.05) is 23.0 Å². The first-order valence-corrected chi connectivity index (χ1v) is 10.6. The standard InChI is InChI=1S/C17H18S.C7H8N2O2/c1-13-6-2-5-9-17(13)18-16-11-10-14-7-3-4-8-15(14)12-16;1-8-6-4-9-3-2-5(6)7(10)11/h2,5-6,9-12H,3-4,7-8H2,1H3;2-4,8H,1H3,(H,10,11). The molecule has 0 aliphatic heterocycles. The first-order chi connectivity index (χ1) is 14.1. The first kappa shape index (κ1) is 20.9. The summed E-state index contributed by atoms with van der Waals surface area (Å²) in [5.41, 5.74) is 5.26. The molecule has 0 saturated heterocycles. The minimum absolute atomic E-state index is 0.238. The Kier molecular flexibility index (Phi) is 7.30. The molecule has 0 amide bonds. The molecule has 1 aromatic heterocycles. The van der Waals surface area contributed by atoms with E-state index < -0.39 is 5.97 Å². The predicted octanol–water partition coefficient (Wildman–Crippen LogP) is 5.85. The smallest absolute Gasteiger partial charge is 0.337 e. The molecule has 0 bridgehead atoms. The molecule has 5 heteroatoms. The molecule has 1 aliphatic carbocycles. The SMILES string of the molecule is CNc1cnccc1C(=O)O.Cc1ccccc1Sc1ccc2c(c1)CCCC2. The number of aromatic nitrogens is 1. The van der Waals surface area contributed by atoms with Crippen molar-refractivity contribution in [3.05, 3.63) is 83.2 Å². The van der Waals surface area contributed by atoms with Crippen molar-refractivity contribution in [3.63, 3.8) is 0 Å². The molecule has 4 rings (SSSR count). The van der Waals surface area contributed by atoms with E-state index in [0.717, 1.165) is 0 Å². The summed E-state index contributed by atoms with van der Waals surface area (Å²) in [6.07, 6.45) is 8.17. The van der Waals surface area contributed by atoms with Crippen LogP contribution in [0.4, 0.5) is 5.69 Å². The van der Waals surface area contributed by atoms with Crippen LogP contribution in [0.15, 0.2) is 70.7 Å². The molecule has 0 spiro atoms. The quantitative estimate of drug-likeness (QED) is 0.569. The molecular weight excluding hydrogens is 380 g/mol. The van der Waals surface area contributed by atoms with Gasteiger partial charge in [-0.25, -0.2) is 4.79 Å². The fraction of sp³-hybridized carbons (Fsp3) is 0.250. The lowest BCUT2D eigenvalue weighted by Gasteiger charge is -2.16. The van der Waals surface area contributed by atoms with Crippen LogP contribution in [-0.4, -0.2) is 23.1 Å². The van der Waals surface area contributed by atoms with Gasteiger partial charge in [-0.15, -0.1) is 0 Å². The van der Waals surface area contributed by atoms with E-state index in [-0.39, 0.29) is 5.56 Å². The molecule has 2 aromatic carbocycles. The van der Waals surface area contributed by atoms with E-state index in [1.165, 1.54) is 59.5 Å². The van der Waals surface area contributed by atoms with Gasteiger partial charge in [-0.05, 0) is 73.6 Å². The number of hydrogen-bond acceptors (Lipinski definition) is 4. The van der Waals surface area contributed by atoms with E-state index in [9.17, 15) is 4.79 Å². The van der Waals surface area contributed by atoms with Crippen LogP contribution < -0.4 is 5.32 Å². The summed E-state index contributed by atoms with van der Waals surface area (Å²) < 4.78 is 0. The maximum atomic E-state index is 10.5. The van der Waals surface area contributed by atoms with Gasteiger partial charge in [-0.2, -0.15) is 0 Å². The lowest BCUT2D eigenvalue weighted by Crippen LogP contribution is -2.02. The molecule has 0 atom stereocenters. The van der Waals surface area contributed by atoms with E-state index in [0.29, 0.717) is 5.69 Å². The zero-order valence-electron chi connectivity index (χ0n) is 16.8. The van der Waals surface area contributed by atoms with Gasteiger partial charge in [0.25, 0.3) is 0 Å². The Labute approximate surface area is 176 Å². The minimum Gasteiger partial charge on any atom is -0.478 e. The lowest BCUT2D eigenvalue weighted by molar-refractivity contribution is 0.0698. The second-order valence-electron chi connectivity index (χ2n) is 6.98. The molecule has 1 heterocycles. The number of nitrogens with one attached hydrogen (secondary N) is 1. The van der Waals surface area contributed by atoms with Gasteiger partial charge < -0.3 is 10.4 Å². The van der Waals surface area contributed by atoms with Gasteiger partial charge in [0.1, 0.15) is 0 Å². The molecule has 0 saturated carbocycles. The van der Waals surface area contributed by atoms with Crippen LogP contribution in [-0.2, 0) is 12.8 Å². The van der Waals surface area contributed by atoms with Crippen molar-refractivity contribution < 1.29 is 9.90 Å². The highest BCUT2D eigenvalue weighted by molar-refractivity contribution is 7.99. The number of carboxylic acid groups (broad SMARTS) is 1. The topological polar surface area (TPSA) is 62.2 Å². The van der Waals surface area contributed by atoms with E-state index in [1.807, 2.05) is 11.8 Å². The summed E-state index contributed by atoms with van der Waals surface area (Å²) in [6.45, 7) is 2.18. The fourth-order valence-corrected chi connectivity index (χ4v) is 4.32. The highest BCUT2D eigenvalue weighted by Crippen LogP contribution is 2.33. The van der Waals surface area contributed by atoms with Crippen LogP contribution in [0.25, 0.3) is 0 Å². The molecule has 150 valence electrons. The number of benzene rings is 2. The Bertz CT molecular complexity index is 988. The van der Waals surface area contributed by atoms with E-state index in [4.69, 9.17) is 5.11 Å². The van der Waals surface area contributed by atoms with Crippen molar-refractivity contribution in [2.75, 3.05) is 12.4 Å². The van der Waals surface area contributed by atoms with Gasteiger partial charge in [-0.3, -0.25) is 4.98 Å². The van der Waals surface area contributed by atoms with Crippen molar-refractivity contribution in [1.29, 1.82) is 0 Å². The molecule has 1 aliphatic rings. The Morgan fingerprint density at radius 2 is 1.83 bits per heavy atom. The number of carboxylic acids is 1. The number of fused-ring (bicyclic) bond motifs is 1. The number of carbonyl (C=O) groups is 1. The van der Waals surface area contributed by atoms with Crippen LogP contribution in [0.5, 0.6) is 0 Å².